The molecule has 4 heteroatoms. The van der Waals surface area contributed by atoms with Crippen molar-refractivity contribution in [3.05, 3.63) is 54.4 Å². The summed E-state index contributed by atoms with van der Waals surface area (Å²) < 4.78 is 1.67. The Morgan fingerprint density at radius 3 is 2.65 bits per heavy atom. The number of aryl methyl sites for hydroxylation is 1. The zero-order valence-corrected chi connectivity index (χ0v) is 12.0. The molecule has 0 fully saturated rings. The van der Waals surface area contributed by atoms with Gasteiger partial charge in [-0.15, -0.1) is 0 Å². The maximum Gasteiger partial charge on any atom is 0.244 e. The van der Waals surface area contributed by atoms with Crippen LogP contribution in [0, 0.1) is 0 Å². The Hall–Kier alpha value is -2.10. The zero-order chi connectivity index (χ0) is 14.4. The molecule has 1 aromatic heterocycles. The summed E-state index contributed by atoms with van der Waals surface area (Å²) in [5.41, 5.74) is 1.30. The summed E-state index contributed by atoms with van der Waals surface area (Å²) in [6.45, 7) is 3.89. The lowest BCUT2D eigenvalue weighted by atomic mass is 10.1. The van der Waals surface area contributed by atoms with E-state index in [4.69, 9.17) is 0 Å². The summed E-state index contributed by atoms with van der Waals surface area (Å²) in [5.74, 6) is 0.00858. The number of rotatable bonds is 6. The molecule has 0 aliphatic rings. The third-order valence-corrected chi connectivity index (χ3v) is 3.40. The molecule has 1 N–H and O–H groups in total. The second-order valence-corrected chi connectivity index (χ2v) is 5.10. The molecule has 0 bridgehead atoms. The van der Waals surface area contributed by atoms with E-state index in [-0.39, 0.29) is 18.0 Å². The number of carbonyl (C=O) groups excluding carboxylic acids is 1. The smallest absolute Gasteiger partial charge is 0.244 e. The van der Waals surface area contributed by atoms with Gasteiger partial charge in [0.1, 0.15) is 6.04 Å². The Kier molecular flexibility index (Phi) is 4.93. The van der Waals surface area contributed by atoms with Crippen molar-refractivity contribution in [1.29, 1.82) is 0 Å². The van der Waals surface area contributed by atoms with Gasteiger partial charge >= 0.3 is 0 Å². The molecule has 1 aromatic carbocycles. The molecule has 106 valence electrons. The molecular weight excluding hydrogens is 250 g/mol. The highest BCUT2D eigenvalue weighted by molar-refractivity contribution is 5.80. The van der Waals surface area contributed by atoms with Gasteiger partial charge < -0.3 is 5.32 Å². The van der Waals surface area contributed by atoms with Gasteiger partial charge in [-0.05, 0) is 38.3 Å². The van der Waals surface area contributed by atoms with E-state index in [1.165, 1.54) is 5.56 Å². The predicted molar refractivity (Wildman–Crippen MR) is 79.3 cm³/mol. The monoisotopic (exact) mass is 271 g/mol. The molecule has 0 aliphatic heterocycles. The van der Waals surface area contributed by atoms with Crippen molar-refractivity contribution in [3.8, 4) is 0 Å². The van der Waals surface area contributed by atoms with Gasteiger partial charge in [0.15, 0.2) is 0 Å². The predicted octanol–water partition coefficient (Wildman–Crippen LogP) is 2.58. The summed E-state index contributed by atoms with van der Waals surface area (Å²) in [4.78, 5) is 12.1. The van der Waals surface area contributed by atoms with Crippen LogP contribution in [0.1, 0.15) is 31.9 Å². The largest absolute Gasteiger partial charge is 0.352 e. The summed E-state index contributed by atoms with van der Waals surface area (Å²) in [6.07, 6.45) is 5.39. The summed E-state index contributed by atoms with van der Waals surface area (Å²) >= 11 is 0. The number of amides is 1. The zero-order valence-electron chi connectivity index (χ0n) is 12.0. The molecule has 2 unspecified atom stereocenters. The van der Waals surface area contributed by atoms with Gasteiger partial charge in [-0.25, -0.2) is 0 Å². The summed E-state index contributed by atoms with van der Waals surface area (Å²) in [6, 6.07) is 12.0. The van der Waals surface area contributed by atoms with Gasteiger partial charge in [0.2, 0.25) is 5.91 Å². The van der Waals surface area contributed by atoms with Crippen LogP contribution in [0.15, 0.2) is 48.8 Å². The highest BCUT2D eigenvalue weighted by atomic mass is 16.2. The minimum Gasteiger partial charge on any atom is -0.352 e. The van der Waals surface area contributed by atoms with Gasteiger partial charge in [0.25, 0.3) is 0 Å². The first-order chi connectivity index (χ1) is 9.66. The van der Waals surface area contributed by atoms with Crippen LogP contribution in [0.25, 0.3) is 0 Å². The standard InChI is InChI=1S/C16H21N3O/c1-13(9-10-15-7-4-3-5-8-15)18-16(20)14(2)19-12-6-11-17-19/h3-8,11-14H,9-10H2,1-2H3,(H,18,20). The molecule has 20 heavy (non-hydrogen) atoms. The van der Waals surface area contributed by atoms with Crippen molar-refractivity contribution in [2.75, 3.05) is 0 Å². The fraction of sp³-hybridized carbons (Fsp3) is 0.375. The summed E-state index contributed by atoms with van der Waals surface area (Å²) in [7, 11) is 0. The van der Waals surface area contributed by atoms with E-state index in [0.29, 0.717) is 0 Å². The summed E-state index contributed by atoms with van der Waals surface area (Å²) in [5, 5.41) is 7.13. The topological polar surface area (TPSA) is 46.9 Å². The first kappa shape index (κ1) is 14.3. The third-order valence-electron chi connectivity index (χ3n) is 3.40. The number of hydrogen-bond donors (Lipinski definition) is 1. The lowest BCUT2D eigenvalue weighted by Crippen LogP contribution is -2.37. The van der Waals surface area contributed by atoms with Gasteiger partial charge in [0.05, 0.1) is 0 Å². The first-order valence-electron chi connectivity index (χ1n) is 7.00. The molecule has 0 radical (unpaired) electrons. The quantitative estimate of drug-likeness (QED) is 0.877. The van der Waals surface area contributed by atoms with Crippen molar-refractivity contribution in [2.45, 2.75) is 38.8 Å². The molecule has 1 amide bonds. The van der Waals surface area contributed by atoms with Crippen LogP contribution in [-0.2, 0) is 11.2 Å². The van der Waals surface area contributed by atoms with E-state index in [1.54, 1.807) is 17.1 Å². The van der Waals surface area contributed by atoms with Crippen LogP contribution < -0.4 is 5.32 Å². The Labute approximate surface area is 119 Å². The average molecular weight is 271 g/mol. The molecule has 1 heterocycles. The van der Waals surface area contributed by atoms with Crippen LogP contribution >= 0.6 is 0 Å². The lowest BCUT2D eigenvalue weighted by molar-refractivity contribution is -0.124. The van der Waals surface area contributed by atoms with Crippen LogP contribution in [0.3, 0.4) is 0 Å². The van der Waals surface area contributed by atoms with Crippen molar-refractivity contribution < 1.29 is 4.79 Å². The Morgan fingerprint density at radius 2 is 2.00 bits per heavy atom. The van der Waals surface area contributed by atoms with Crippen molar-refractivity contribution in [3.63, 3.8) is 0 Å². The van der Waals surface area contributed by atoms with E-state index in [2.05, 4.69) is 22.5 Å². The molecule has 4 nitrogen and oxygen atoms in total. The number of nitrogens with zero attached hydrogens (tertiary/aromatic N) is 2. The minimum atomic E-state index is -0.274. The van der Waals surface area contributed by atoms with Crippen LogP contribution in [0.2, 0.25) is 0 Å². The fourth-order valence-electron chi connectivity index (χ4n) is 2.09. The molecular formula is C16H21N3O. The molecule has 2 rings (SSSR count). The SMILES string of the molecule is CC(CCc1ccccc1)NC(=O)C(C)n1cccn1. The van der Waals surface area contributed by atoms with E-state index >= 15 is 0 Å². The van der Waals surface area contributed by atoms with Crippen molar-refractivity contribution >= 4 is 5.91 Å². The number of benzene rings is 1. The second-order valence-electron chi connectivity index (χ2n) is 5.10. The number of carbonyl (C=O) groups is 1. The Bertz CT molecular complexity index is 522. The molecule has 2 atom stereocenters. The lowest BCUT2D eigenvalue weighted by Gasteiger charge is -2.18. The maximum absolute atomic E-state index is 12.1. The van der Waals surface area contributed by atoms with Crippen LogP contribution in [0.5, 0.6) is 0 Å². The Morgan fingerprint density at radius 1 is 1.25 bits per heavy atom. The van der Waals surface area contributed by atoms with Crippen molar-refractivity contribution in [2.24, 2.45) is 0 Å². The highest BCUT2D eigenvalue weighted by Gasteiger charge is 2.16. The number of aromatic nitrogens is 2. The normalized spacial score (nSPS) is 13.7. The van der Waals surface area contributed by atoms with E-state index < -0.39 is 0 Å². The number of nitrogens with one attached hydrogen (secondary N) is 1. The van der Waals surface area contributed by atoms with E-state index in [9.17, 15) is 4.79 Å². The maximum atomic E-state index is 12.1. The van der Waals surface area contributed by atoms with Gasteiger partial charge in [0, 0.05) is 18.4 Å². The fourth-order valence-corrected chi connectivity index (χ4v) is 2.09. The Balaban J connectivity index is 1.79. The molecule has 0 aliphatic carbocycles. The number of hydrogen-bond acceptors (Lipinski definition) is 2. The molecule has 0 spiro atoms. The van der Waals surface area contributed by atoms with Gasteiger partial charge in [-0.3, -0.25) is 9.48 Å². The van der Waals surface area contributed by atoms with Gasteiger partial charge in [-0.1, -0.05) is 30.3 Å². The van der Waals surface area contributed by atoms with Crippen LogP contribution in [-0.4, -0.2) is 21.7 Å². The molecule has 0 saturated carbocycles. The van der Waals surface area contributed by atoms with E-state index in [1.807, 2.05) is 38.1 Å². The second kappa shape index (κ2) is 6.89. The van der Waals surface area contributed by atoms with Gasteiger partial charge in [-0.2, -0.15) is 5.10 Å². The third kappa shape index (κ3) is 3.95. The average Bonchev–Trinajstić information content (AvgIpc) is 2.99. The first-order valence-corrected chi connectivity index (χ1v) is 7.00. The van der Waals surface area contributed by atoms with Crippen molar-refractivity contribution in [1.82, 2.24) is 15.1 Å². The van der Waals surface area contributed by atoms with E-state index in [0.717, 1.165) is 12.8 Å². The highest BCUT2D eigenvalue weighted by Crippen LogP contribution is 2.07. The minimum absolute atomic E-state index is 0.00858. The van der Waals surface area contributed by atoms with Crippen LogP contribution in [0.4, 0.5) is 0 Å². The molecule has 2 aromatic rings. The molecule has 0 saturated heterocycles.